The number of aromatic nitrogens is 2. The van der Waals surface area contributed by atoms with Gasteiger partial charge in [0.15, 0.2) is 0 Å². The molecular weight excluding hydrogens is 305 g/mol. The molecule has 4 nitrogen and oxygen atoms in total. The molecule has 0 amide bonds. The monoisotopic (exact) mass is 321 g/mol. The average molecular weight is 321 g/mol. The highest BCUT2D eigenvalue weighted by molar-refractivity contribution is 14.1. The van der Waals surface area contributed by atoms with Crippen LogP contribution in [0.2, 0.25) is 0 Å². The molecule has 0 radical (unpaired) electrons. The molecule has 1 rings (SSSR count). The van der Waals surface area contributed by atoms with Crippen molar-refractivity contribution in [2.24, 2.45) is 0 Å². The Kier molecular flexibility index (Phi) is 4.27. The Balaban J connectivity index is 2.59. The quantitative estimate of drug-likeness (QED) is 0.834. The lowest BCUT2D eigenvalue weighted by molar-refractivity contribution is 0.0672. The molecule has 84 valence electrons. The van der Waals surface area contributed by atoms with E-state index in [9.17, 15) is 5.11 Å². The first-order valence-electron chi connectivity index (χ1n) is 4.83. The highest BCUT2D eigenvalue weighted by atomic mass is 127. The molecule has 0 saturated carbocycles. The lowest BCUT2D eigenvalue weighted by atomic mass is 10.0. The Morgan fingerprint density at radius 2 is 2.27 bits per heavy atom. The van der Waals surface area contributed by atoms with Gasteiger partial charge in [-0.1, -0.05) is 0 Å². The van der Waals surface area contributed by atoms with Crippen LogP contribution in [-0.4, -0.2) is 26.7 Å². The summed E-state index contributed by atoms with van der Waals surface area (Å²) in [5, 5.41) is 12.9. The van der Waals surface area contributed by atoms with Gasteiger partial charge in [0.2, 0.25) is 0 Å². The number of aliphatic hydroxyl groups is 1. The normalized spacial score (nSPS) is 13.7. The van der Waals surface area contributed by atoms with Gasteiger partial charge in [-0.25, -0.2) is 9.97 Å². The average Bonchev–Trinajstić information content (AvgIpc) is 2.05. The number of anilines is 1. The molecule has 0 aliphatic heterocycles. The molecule has 0 bridgehead atoms. The minimum atomic E-state index is -0.662. The van der Waals surface area contributed by atoms with Crippen LogP contribution in [-0.2, 0) is 0 Å². The van der Waals surface area contributed by atoms with E-state index in [4.69, 9.17) is 0 Å². The number of hydrogen-bond acceptors (Lipinski definition) is 4. The van der Waals surface area contributed by atoms with E-state index >= 15 is 0 Å². The summed E-state index contributed by atoms with van der Waals surface area (Å²) in [7, 11) is 0. The van der Waals surface area contributed by atoms with Gasteiger partial charge in [-0.3, -0.25) is 0 Å². The van der Waals surface area contributed by atoms with Crippen LogP contribution < -0.4 is 5.32 Å². The zero-order valence-corrected chi connectivity index (χ0v) is 11.3. The first kappa shape index (κ1) is 12.6. The summed E-state index contributed by atoms with van der Waals surface area (Å²) in [5.74, 6) is 0.822. The lowest BCUT2D eigenvalue weighted by Gasteiger charge is -2.23. The van der Waals surface area contributed by atoms with E-state index in [1.165, 1.54) is 6.33 Å². The number of hydrogen-bond donors (Lipinski definition) is 2. The van der Waals surface area contributed by atoms with Crippen LogP contribution in [0.1, 0.15) is 27.2 Å². The molecule has 15 heavy (non-hydrogen) atoms. The largest absolute Gasteiger partial charge is 0.390 e. The number of nitrogens with one attached hydrogen (secondary N) is 1. The van der Waals surface area contributed by atoms with E-state index in [-0.39, 0.29) is 6.04 Å². The molecule has 1 atom stereocenters. The van der Waals surface area contributed by atoms with Crippen LogP contribution in [0.5, 0.6) is 0 Å². The fourth-order valence-corrected chi connectivity index (χ4v) is 1.91. The van der Waals surface area contributed by atoms with E-state index in [0.717, 1.165) is 9.39 Å². The molecule has 0 aliphatic carbocycles. The Morgan fingerprint density at radius 1 is 1.60 bits per heavy atom. The molecule has 0 aromatic carbocycles. The number of halogens is 1. The third-order valence-electron chi connectivity index (χ3n) is 1.86. The molecule has 1 unspecified atom stereocenters. The van der Waals surface area contributed by atoms with Gasteiger partial charge >= 0.3 is 0 Å². The van der Waals surface area contributed by atoms with Crippen molar-refractivity contribution < 1.29 is 5.11 Å². The summed E-state index contributed by atoms with van der Waals surface area (Å²) in [5.41, 5.74) is -0.662. The molecule has 1 aromatic heterocycles. The summed E-state index contributed by atoms with van der Waals surface area (Å²) in [6, 6.07) is 0.174. The van der Waals surface area contributed by atoms with Crippen molar-refractivity contribution in [2.75, 3.05) is 5.32 Å². The summed E-state index contributed by atoms with van der Waals surface area (Å²) in [4.78, 5) is 8.06. The molecule has 5 heteroatoms. The van der Waals surface area contributed by atoms with Crippen LogP contribution in [0.15, 0.2) is 12.5 Å². The summed E-state index contributed by atoms with van der Waals surface area (Å²) in [6.45, 7) is 5.63. The van der Waals surface area contributed by atoms with Crippen LogP contribution >= 0.6 is 22.6 Å². The minimum absolute atomic E-state index is 0.174. The van der Waals surface area contributed by atoms with Gasteiger partial charge in [0.25, 0.3) is 0 Å². The Labute approximate surface area is 104 Å². The molecular formula is C10H16IN3O. The zero-order valence-electron chi connectivity index (χ0n) is 9.16. The first-order valence-corrected chi connectivity index (χ1v) is 5.91. The first-order chi connectivity index (χ1) is 6.88. The maximum Gasteiger partial charge on any atom is 0.143 e. The summed E-state index contributed by atoms with van der Waals surface area (Å²) < 4.78 is 0.984. The van der Waals surface area contributed by atoms with Crippen molar-refractivity contribution >= 4 is 28.4 Å². The van der Waals surface area contributed by atoms with Crippen molar-refractivity contribution in [3.05, 3.63) is 16.1 Å². The van der Waals surface area contributed by atoms with Crippen LogP contribution in [0.25, 0.3) is 0 Å². The molecule has 0 fully saturated rings. The third-order valence-corrected chi connectivity index (χ3v) is 2.65. The second-order valence-electron chi connectivity index (χ2n) is 4.28. The van der Waals surface area contributed by atoms with Gasteiger partial charge in [0.1, 0.15) is 12.1 Å². The smallest absolute Gasteiger partial charge is 0.143 e. The number of rotatable bonds is 4. The molecule has 1 heterocycles. The predicted molar refractivity (Wildman–Crippen MR) is 68.7 cm³/mol. The topological polar surface area (TPSA) is 58.0 Å². The van der Waals surface area contributed by atoms with E-state index < -0.39 is 5.60 Å². The Hall–Kier alpha value is -0.430. The van der Waals surface area contributed by atoms with Crippen molar-refractivity contribution in [1.82, 2.24) is 9.97 Å². The second-order valence-corrected chi connectivity index (χ2v) is 5.44. The molecule has 0 spiro atoms. The second kappa shape index (κ2) is 5.07. The highest BCUT2D eigenvalue weighted by Gasteiger charge is 2.17. The molecule has 2 N–H and O–H groups in total. The maximum absolute atomic E-state index is 9.66. The van der Waals surface area contributed by atoms with Crippen molar-refractivity contribution in [2.45, 2.75) is 38.8 Å². The standard InChI is InChI=1S/C10H16IN3O/c1-7(4-10(2,3)15)14-9-8(11)5-12-6-13-9/h5-7,15H,4H2,1-3H3,(H,12,13,14). The molecule has 0 saturated heterocycles. The summed E-state index contributed by atoms with van der Waals surface area (Å²) in [6.07, 6.45) is 3.95. The minimum Gasteiger partial charge on any atom is -0.390 e. The lowest BCUT2D eigenvalue weighted by Crippen LogP contribution is -2.29. The summed E-state index contributed by atoms with van der Waals surface area (Å²) >= 11 is 2.18. The predicted octanol–water partition coefficient (Wildman–Crippen LogP) is 2.04. The highest BCUT2D eigenvalue weighted by Crippen LogP contribution is 2.17. The van der Waals surface area contributed by atoms with Gasteiger partial charge in [0.05, 0.1) is 9.17 Å². The van der Waals surface area contributed by atoms with Crippen LogP contribution in [0, 0.1) is 3.57 Å². The van der Waals surface area contributed by atoms with Crippen LogP contribution in [0.3, 0.4) is 0 Å². The van der Waals surface area contributed by atoms with Gasteiger partial charge in [-0.2, -0.15) is 0 Å². The van der Waals surface area contributed by atoms with Crippen molar-refractivity contribution in [3.63, 3.8) is 0 Å². The fraction of sp³-hybridized carbons (Fsp3) is 0.600. The van der Waals surface area contributed by atoms with E-state index in [0.29, 0.717) is 6.42 Å². The van der Waals surface area contributed by atoms with E-state index in [1.54, 1.807) is 20.0 Å². The fourth-order valence-electron chi connectivity index (χ4n) is 1.45. The Morgan fingerprint density at radius 3 is 2.80 bits per heavy atom. The molecule has 0 aliphatic rings. The van der Waals surface area contributed by atoms with Crippen LogP contribution in [0.4, 0.5) is 5.82 Å². The molecule has 1 aromatic rings. The van der Waals surface area contributed by atoms with Crippen molar-refractivity contribution in [1.29, 1.82) is 0 Å². The van der Waals surface area contributed by atoms with Gasteiger partial charge < -0.3 is 10.4 Å². The zero-order chi connectivity index (χ0) is 11.5. The van der Waals surface area contributed by atoms with Gasteiger partial charge in [0, 0.05) is 12.2 Å². The van der Waals surface area contributed by atoms with Gasteiger partial charge in [-0.15, -0.1) is 0 Å². The third kappa shape index (κ3) is 4.74. The maximum atomic E-state index is 9.66. The van der Waals surface area contributed by atoms with E-state index in [2.05, 4.69) is 37.9 Å². The Bertz CT molecular complexity index is 325. The van der Waals surface area contributed by atoms with Gasteiger partial charge in [-0.05, 0) is 49.8 Å². The van der Waals surface area contributed by atoms with Crippen molar-refractivity contribution in [3.8, 4) is 0 Å². The SMILES string of the molecule is CC(CC(C)(C)O)Nc1ncncc1I. The van der Waals surface area contributed by atoms with E-state index in [1.807, 2.05) is 6.92 Å². The number of nitrogens with zero attached hydrogens (tertiary/aromatic N) is 2.